The van der Waals surface area contributed by atoms with E-state index in [1.54, 1.807) is 24.4 Å². The number of nitrogens with one attached hydrogen (secondary N) is 2. The van der Waals surface area contributed by atoms with Gasteiger partial charge >= 0.3 is 0 Å². The van der Waals surface area contributed by atoms with Crippen molar-refractivity contribution in [3.8, 4) is 0 Å². The van der Waals surface area contributed by atoms with Crippen LogP contribution in [-0.2, 0) is 0 Å². The molecule has 1 amide bonds. The highest BCUT2D eigenvalue weighted by Crippen LogP contribution is 2.38. The minimum atomic E-state index is -0.157. The smallest absolute Gasteiger partial charge is 0.253 e. The Bertz CT molecular complexity index is 501. The molecule has 0 radical (unpaired) electrons. The topological polar surface area (TPSA) is 74.2 Å². The number of aliphatic hydroxyl groups excluding tert-OH is 1. The second-order valence-electron chi connectivity index (χ2n) is 5.83. The fourth-order valence-corrected chi connectivity index (χ4v) is 2.73. The van der Waals surface area contributed by atoms with E-state index in [1.165, 1.54) is 0 Å². The van der Waals surface area contributed by atoms with Crippen molar-refractivity contribution < 1.29 is 9.90 Å². The van der Waals surface area contributed by atoms with Crippen LogP contribution in [0.2, 0.25) is 0 Å². The zero-order valence-electron chi connectivity index (χ0n) is 12.4. The van der Waals surface area contributed by atoms with Gasteiger partial charge in [-0.2, -0.15) is 0 Å². The first kappa shape index (κ1) is 15.5. The largest absolute Gasteiger partial charge is 0.396 e. The molecule has 0 unspecified atom stereocenters. The molecular formula is C16H23N3O2. The molecule has 1 aliphatic rings. The molecule has 0 spiro atoms. The van der Waals surface area contributed by atoms with Crippen LogP contribution in [0.1, 0.15) is 36.5 Å². The molecule has 1 fully saturated rings. The molecule has 1 heterocycles. The summed E-state index contributed by atoms with van der Waals surface area (Å²) in [6, 6.07) is 3.77. The number of aliphatic hydroxyl groups is 1. The van der Waals surface area contributed by atoms with Crippen LogP contribution in [0.5, 0.6) is 0 Å². The van der Waals surface area contributed by atoms with Gasteiger partial charge in [-0.15, -0.1) is 6.58 Å². The van der Waals surface area contributed by atoms with Crippen LogP contribution in [0.25, 0.3) is 0 Å². The van der Waals surface area contributed by atoms with E-state index >= 15 is 0 Å². The van der Waals surface area contributed by atoms with Gasteiger partial charge in [0.05, 0.1) is 12.2 Å². The van der Waals surface area contributed by atoms with Crippen LogP contribution in [0.3, 0.4) is 0 Å². The van der Waals surface area contributed by atoms with Crippen molar-refractivity contribution in [2.24, 2.45) is 5.41 Å². The van der Waals surface area contributed by atoms with E-state index in [1.807, 2.05) is 0 Å². The monoisotopic (exact) mass is 289 g/mol. The molecule has 1 aliphatic carbocycles. The quantitative estimate of drug-likeness (QED) is 0.700. The van der Waals surface area contributed by atoms with Gasteiger partial charge in [0.2, 0.25) is 0 Å². The van der Waals surface area contributed by atoms with Gasteiger partial charge < -0.3 is 15.7 Å². The molecule has 1 saturated carbocycles. The molecular weight excluding hydrogens is 266 g/mol. The predicted octanol–water partition coefficient (Wildman–Crippen LogP) is 1.96. The average Bonchev–Trinajstić information content (AvgIpc) is 2.87. The van der Waals surface area contributed by atoms with E-state index in [0.29, 0.717) is 12.1 Å². The summed E-state index contributed by atoms with van der Waals surface area (Å²) >= 11 is 0. The summed E-state index contributed by atoms with van der Waals surface area (Å²) in [5.41, 5.74) is 0.431. The maximum Gasteiger partial charge on any atom is 0.253 e. The van der Waals surface area contributed by atoms with E-state index in [4.69, 9.17) is 0 Å². The Labute approximate surface area is 125 Å². The van der Waals surface area contributed by atoms with Crippen LogP contribution < -0.4 is 10.6 Å². The number of nitrogens with zero attached hydrogens (tertiary/aromatic N) is 1. The van der Waals surface area contributed by atoms with Gasteiger partial charge in [0.1, 0.15) is 5.82 Å². The second kappa shape index (κ2) is 6.72. The molecule has 3 N–H and O–H groups in total. The molecule has 1 aromatic heterocycles. The highest BCUT2D eigenvalue weighted by atomic mass is 16.3. The molecule has 114 valence electrons. The van der Waals surface area contributed by atoms with Gasteiger partial charge in [-0.1, -0.05) is 19.4 Å². The molecule has 2 atom stereocenters. The fourth-order valence-electron chi connectivity index (χ4n) is 2.73. The number of anilines is 1. The Kier molecular flexibility index (Phi) is 4.96. The fraction of sp³-hybridized carbons (Fsp3) is 0.500. The number of pyridine rings is 1. The first-order chi connectivity index (χ1) is 10.1. The Hall–Kier alpha value is -1.88. The maximum absolute atomic E-state index is 11.8. The van der Waals surface area contributed by atoms with E-state index in [-0.39, 0.29) is 24.0 Å². The Balaban J connectivity index is 1.99. The van der Waals surface area contributed by atoms with Gasteiger partial charge in [-0.25, -0.2) is 4.98 Å². The van der Waals surface area contributed by atoms with Crippen molar-refractivity contribution in [1.82, 2.24) is 10.3 Å². The van der Waals surface area contributed by atoms with Gasteiger partial charge in [-0.05, 0) is 25.0 Å². The molecule has 0 aliphatic heterocycles. The molecule has 5 nitrogen and oxygen atoms in total. The summed E-state index contributed by atoms with van der Waals surface area (Å²) in [7, 11) is 0. The lowest BCUT2D eigenvalue weighted by Gasteiger charge is -2.30. The third kappa shape index (κ3) is 3.61. The highest BCUT2D eigenvalue weighted by molar-refractivity contribution is 5.94. The number of aromatic nitrogens is 1. The molecule has 5 heteroatoms. The van der Waals surface area contributed by atoms with Gasteiger partial charge in [-0.3, -0.25) is 4.79 Å². The summed E-state index contributed by atoms with van der Waals surface area (Å²) in [6.07, 6.45) is 6.35. The first-order valence-electron chi connectivity index (χ1n) is 7.31. The zero-order valence-corrected chi connectivity index (χ0v) is 12.4. The SMILES string of the molecule is C=CCNC(=O)c1ccc(N[C@H]2CCC[C@]2(C)CO)nc1. The normalized spacial score (nSPS) is 24.6. The lowest BCUT2D eigenvalue weighted by molar-refractivity contribution is 0.0957. The maximum atomic E-state index is 11.8. The Morgan fingerprint density at radius 3 is 3.05 bits per heavy atom. The standard InChI is InChI=1S/C16H23N3O2/c1-3-9-17-15(21)12-6-7-14(18-10-12)19-13-5-4-8-16(13,2)11-20/h3,6-7,10,13,20H,1,4-5,8-9,11H2,2H3,(H,17,21)(H,18,19)/t13-,16+/m0/s1. The van der Waals surface area contributed by atoms with Crippen molar-refractivity contribution in [2.45, 2.75) is 32.2 Å². The number of carbonyl (C=O) groups is 1. The summed E-state index contributed by atoms with van der Waals surface area (Å²) in [6.45, 7) is 6.26. The van der Waals surface area contributed by atoms with Gasteiger partial charge in [0.15, 0.2) is 0 Å². The highest BCUT2D eigenvalue weighted by Gasteiger charge is 2.38. The third-order valence-corrected chi connectivity index (χ3v) is 4.20. The molecule has 0 saturated heterocycles. The average molecular weight is 289 g/mol. The predicted molar refractivity (Wildman–Crippen MR) is 83.2 cm³/mol. The Morgan fingerprint density at radius 1 is 1.62 bits per heavy atom. The molecule has 0 bridgehead atoms. The van der Waals surface area contributed by atoms with Crippen LogP contribution in [-0.4, -0.2) is 35.2 Å². The van der Waals surface area contributed by atoms with E-state index in [2.05, 4.69) is 29.1 Å². The number of hydrogen-bond donors (Lipinski definition) is 3. The molecule has 1 aromatic rings. The first-order valence-corrected chi connectivity index (χ1v) is 7.31. The minimum Gasteiger partial charge on any atom is -0.396 e. The van der Waals surface area contributed by atoms with E-state index < -0.39 is 0 Å². The number of amides is 1. The number of hydrogen-bond acceptors (Lipinski definition) is 4. The van der Waals surface area contributed by atoms with Gasteiger partial charge in [0, 0.05) is 24.2 Å². The summed E-state index contributed by atoms with van der Waals surface area (Å²) in [4.78, 5) is 16.0. The zero-order chi connectivity index (χ0) is 15.3. The second-order valence-corrected chi connectivity index (χ2v) is 5.83. The van der Waals surface area contributed by atoms with E-state index in [0.717, 1.165) is 25.1 Å². The van der Waals surface area contributed by atoms with Crippen LogP contribution in [0.4, 0.5) is 5.82 Å². The lowest BCUT2D eigenvalue weighted by Crippen LogP contribution is -2.36. The van der Waals surface area contributed by atoms with Crippen molar-refractivity contribution >= 4 is 11.7 Å². The van der Waals surface area contributed by atoms with Crippen molar-refractivity contribution in [2.75, 3.05) is 18.5 Å². The van der Waals surface area contributed by atoms with Gasteiger partial charge in [0.25, 0.3) is 5.91 Å². The van der Waals surface area contributed by atoms with E-state index in [9.17, 15) is 9.90 Å². The minimum absolute atomic E-state index is 0.0955. The lowest BCUT2D eigenvalue weighted by atomic mass is 9.86. The number of carbonyl (C=O) groups excluding carboxylic acids is 1. The molecule has 21 heavy (non-hydrogen) atoms. The van der Waals surface area contributed by atoms with Crippen molar-refractivity contribution in [3.05, 3.63) is 36.5 Å². The van der Waals surface area contributed by atoms with Crippen molar-refractivity contribution in [3.63, 3.8) is 0 Å². The Morgan fingerprint density at radius 2 is 2.43 bits per heavy atom. The van der Waals surface area contributed by atoms with Crippen LogP contribution in [0, 0.1) is 5.41 Å². The molecule has 2 rings (SSSR count). The molecule has 0 aromatic carbocycles. The van der Waals surface area contributed by atoms with Crippen molar-refractivity contribution in [1.29, 1.82) is 0 Å². The third-order valence-electron chi connectivity index (χ3n) is 4.20. The number of rotatable bonds is 6. The van der Waals surface area contributed by atoms with Crippen LogP contribution in [0.15, 0.2) is 31.0 Å². The van der Waals surface area contributed by atoms with Crippen LogP contribution >= 0.6 is 0 Å². The summed E-state index contributed by atoms with van der Waals surface area (Å²) in [5.74, 6) is 0.580. The summed E-state index contributed by atoms with van der Waals surface area (Å²) < 4.78 is 0. The summed E-state index contributed by atoms with van der Waals surface area (Å²) in [5, 5.41) is 15.6.